The molecule has 1 atom stereocenters. The van der Waals surface area contributed by atoms with Gasteiger partial charge in [-0.25, -0.2) is 8.42 Å². The molecular formula is C27H36ClN3O4S. The zero-order valence-electron chi connectivity index (χ0n) is 21.5. The Bertz CT molecular complexity index is 1180. The predicted octanol–water partition coefficient (Wildman–Crippen LogP) is 4.59. The Morgan fingerprint density at radius 1 is 1.08 bits per heavy atom. The van der Waals surface area contributed by atoms with E-state index in [4.69, 9.17) is 11.6 Å². The van der Waals surface area contributed by atoms with Gasteiger partial charge in [-0.3, -0.25) is 13.9 Å². The van der Waals surface area contributed by atoms with Gasteiger partial charge in [0.15, 0.2) is 0 Å². The topological polar surface area (TPSA) is 86.8 Å². The van der Waals surface area contributed by atoms with Crippen molar-refractivity contribution in [1.82, 2.24) is 10.2 Å². The molecule has 0 unspecified atom stereocenters. The fourth-order valence-electron chi connectivity index (χ4n) is 4.62. The molecule has 2 amide bonds. The lowest BCUT2D eigenvalue weighted by molar-refractivity contribution is -0.140. The van der Waals surface area contributed by atoms with Crippen LogP contribution in [-0.2, 0) is 26.2 Å². The smallest absolute Gasteiger partial charge is 0.244 e. The molecule has 1 N–H and O–H groups in total. The van der Waals surface area contributed by atoms with Crippen molar-refractivity contribution in [2.75, 3.05) is 17.1 Å². The van der Waals surface area contributed by atoms with Crippen molar-refractivity contribution in [3.8, 4) is 0 Å². The van der Waals surface area contributed by atoms with E-state index in [0.29, 0.717) is 22.7 Å². The van der Waals surface area contributed by atoms with Crippen LogP contribution in [0.2, 0.25) is 5.02 Å². The Balaban J connectivity index is 1.94. The summed E-state index contributed by atoms with van der Waals surface area (Å²) in [6.07, 6.45) is 5.50. The quantitative estimate of drug-likeness (QED) is 0.484. The van der Waals surface area contributed by atoms with E-state index >= 15 is 0 Å². The summed E-state index contributed by atoms with van der Waals surface area (Å²) in [5.41, 5.74) is 2.97. The van der Waals surface area contributed by atoms with Crippen LogP contribution in [-0.4, -0.2) is 50.0 Å². The molecule has 0 saturated heterocycles. The fourth-order valence-corrected chi connectivity index (χ4v) is 5.69. The molecule has 3 rings (SSSR count). The zero-order valence-corrected chi connectivity index (χ0v) is 23.0. The highest BCUT2D eigenvalue weighted by atomic mass is 35.5. The lowest BCUT2D eigenvalue weighted by Crippen LogP contribution is -2.53. The number of carbonyl (C=O) groups is 2. The number of aryl methyl sites for hydroxylation is 2. The Morgan fingerprint density at radius 3 is 2.31 bits per heavy atom. The SMILES string of the molecule is CC[C@H](C(=O)NC1CCCC1)N(Cc1ccc(C)cc1)C(=O)CN(c1cc(Cl)ccc1C)S(C)(=O)=O. The maximum absolute atomic E-state index is 13.8. The first-order valence-electron chi connectivity index (χ1n) is 12.4. The number of hydrogen-bond donors (Lipinski definition) is 1. The van der Waals surface area contributed by atoms with Crippen molar-refractivity contribution in [1.29, 1.82) is 0 Å². The summed E-state index contributed by atoms with van der Waals surface area (Å²) in [5.74, 6) is -0.650. The molecule has 1 saturated carbocycles. The van der Waals surface area contributed by atoms with Gasteiger partial charge < -0.3 is 10.2 Å². The van der Waals surface area contributed by atoms with Crippen LogP contribution < -0.4 is 9.62 Å². The summed E-state index contributed by atoms with van der Waals surface area (Å²) in [6, 6.07) is 12.1. The van der Waals surface area contributed by atoms with E-state index in [1.165, 1.54) is 4.90 Å². The van der Waals surface area contributed by atoms with Gasteiger partial charge in [0.25, 0.3) is 0 Å². The van der Waals surface area contributed by atoms with E-state index in [2.05, 4.69) is 5.32 Å². The van der Waals surface area contributed by atoms with Gasteiger partial charge in [-0.1, -0.05) is 67.3 Å². The van der Waals surface area contributed by atoms with Crippen molar-refractivity contribution >= 4 is 39.1 Å². The summed E-state index contributed by atoms with van der Waals surface area (Å²) in [4.78, 5) is 28.6. The Labute approximate surface area is 219 Å². The molecule has 0 aliphatic heterocycles. The van der Waals surface area contributed by atoms with Gasteiger partial charge in [0.05, 0.1) is 11.9 Å². The average molecular weight is 534 g/mol. The normalized spacial score (nSPS) is 14.9. The van der Waals surface area contributed by atoms with E-state index in [1.807, 2.05) is 38.1 Å². The number of sulfonamides is 1. The molecule has 0 aromatic heterocycles. The third kappa shape index (κ3) is 7.23. The van der Waals surface area contributed by atoms with Crippen LogP contribution in [0, 0.1) is 13.8 Å². The molecule has 2 aromatic rings. The van der Waals surface area contributed by atoms with E-state index < -0.39 is 28.5 Å². The highest BCUT2D eigenvalue weighted by molar-refractivity contribution is 7.92. The number of benzene rings is 2. The number of anilines is 1. The first-order valence-corrected chi connectivity index (χ1v) is 14.6. The second-order valence-electron chi connectivity index (χ2n) is 9.62. The van der Waals surface area contributed by atoms with Crippen molar-refractivity contribution in [2.45, 2.75) is 71.5 Å². The maximum atomic E-state index is 13.8. The molecule has 0 spiro atoms. The Morgan fingerprint density at radius 2 is 1.72 bits per heavy atom. The molecular weight excluding hydrogens is 498 g/mol. The first kappa shape index (κ1) is 28.0. The van der Waals surface area contributed by atoms with Crippen LogP contribution in [0.25, 0.3) is 0 Å². The molecule has 1 aliphatic rings. The summed E-state index contributed by atoms with van der Waals surface area (Å²) in [7, 11) is -3.81. The van der Waals surface area contributed by atoms with E-state index in [9.17, 15) is 18.0 Å². The standard InChI is InChI=1S/C27H36ClN3O4S/c1-5-24(27(33)29-23-8-6-7-9-23)30(17-21-13-10-19(2)11-14-21)26(32)18-31(36(4,34)35)25-16-22(28)15-12-20(25)3/h10-16,23-24H,5-9,17-18H2,1-4H3,(H,29,33)/t24-/m1/s1. The predicted molar refractivity (Wildman–Crippen MR) is 145 cm³/mol. The summed E-state index contributed by atoms with van der Waals surface area (Å²) in [6.45, 7) is 5.38. The number of carbonyl (C=O) groups excluding carboxylic acids is 2. The van der Waals surface area contributed by atoms with Gasteiger partial charge in [0.2, 0.25) is 21.8 Å². The Hall–Kier alpha value is -2.58. The van der Waals surface area contributed by atoms with E-state index in [0.717, 1.165) is 47.4 Å². The van der Waals surface area contributed by atoms with Crippen LogP contribution in [0.15, 0.2) is 42.5 Å². The third-order valence-corrected chi connectivity index (χ3v) is 8.04. The summed E-state index contributed by atoms with van der Waals surface area (Å²) in [5, 5.41) is 3.48. The first-order chi connectivity index (χ1) is 17.0. The number of nitrogens with one attached hydrogen (secondary N) is 1. The molecule has 1 aliphatic carbocycles. The summed E-state index contributed by atoms with van der Waals surface area (Å²) < 4.78 is 26.6. The van der Waals surface area contributed by atoms with Crippen molar-refractivity contribution in [2.24, 2.45) is 0 Å². The van der Waals surface area contributed by atoms with Crippen molar-refractivity contribution < 1.29 is 18.0 Å². The Kier molecular flexibility index (Phi) is 9.41. The third-order valence-electron chi connectivity index (χ3n) is 6.68. The minimum atomic E-state index is -3.81. The molecule has 0 bridgehead atoms. The monoisotopic (exact) mass is 533 g/mol. The van der Waals surface area contributed by atoms with Gasteiger partial charge in [-0.05, 0) is 56.4 Å². The highest BCUT2D eigenvalue weighted by Gasteiger charge is 2.33. The van der Waals surface area contributed by atoms with Crippen LogP contribution in [0.5, 0.6) is 0 Å². The minimum absolute atomic E-state index is 0.115. The second-order valence-corrected chi connectivity index (χ2v) is 12.0. The summed E-state index contributed by atoms with van der Waals surface area (Å²) >= 11 is 6.16. The van der Waals surface area contributed by atoms with E-state index in [1.54, 1.807) is 25.1 Å². The van der Waals surface area contributed by atoms with Gasteiger partial charge in [-0.15, -0.1) is 0 Å². The molecule has 196 valence electrons. The minimum Gasteiger partial charge on any atom is -0.352 e. The number of amides is 2. The lowest BCUT2D eigenvalue weighted by atomic mass is 10.1. The van der Waals surface area contributed by atoms with Crippen LogP contribution in [0.3, 0.4) is 0 Å². The number of halogens is 1. The van der Waals surface area contributed by atoms with Crippen LogP contribution >= 0.6 is 11.6 Å². The largest absolute Gasteiger partial charge is 0.352 e. The molecule has 9 heteroatoms. The van der Waals surface area contributed by atoms with Crippen LogP contribution in [0.4, 0.5) is 5.69 Å². The van der Waals surface area contributed by atoms with Gasteiger partial charge in [0, 0.05) is 17.6 Å². The lowest BCUT2D eigenvalue weighted by Gasteiger charge is -2.33. The van der Waals surface area contributed by atoms with E-state index in [-0.39, 0.29) is 18.5 Å². The zero-order chi connectivity index (χ0) is 26.5. The number of nitrogens with zero attached hydrogens (tertiary/aromatic N) is 2. The highest BCUT2D eigenvalue weighted by Crippen LogP contribution is 2.27. The fraction of sp³-hybridized carbons (Fsp3) is 0.481. The van der Waals surface area contributed by atoms with Gasteiger partial charge in [0.1, 0.15) is 12.6 Å². The molecule has 1 fully saturated rings. The second kappa shape index (κ2) is 12.1. The van der Waals surface area contributed by atoms with Gasteiger partial charge in [-0.2, -0.15) is 0 Å². The number of rotatable bonds is 10. The molecule has 7 nitrogen and oxygen atoms in total. The number of hydrogen-bond acceptors (Lipinski definition) is 4. The molecule has 36 heavy (non-hydrogen) atoms. The maximum Gasteiger partial charge on any atom is 0.244 e. The average Bonchev–Trinajstić information content (AvgIpc) is 3.32. The molecule has 2 aromatic carbocycles. The van der Waals surface area contributed by atoms with Crippen molar-refractivity contribution in [3.63, 3.8) is 0 Å². The van der Waals surface area contributed by atoms with Gasteiger partial charge >= 0.3 is 0 Å². The van der Waals surface area contributed by atoms with Crippen LogP contribution in [0.1, 0.15) is 55.7 Å². The van der Waals surface area contributed by atoms with Crippen molar-refractivity contribution in [3.05, 3.63) is 64.2 Å². The molecule has 0 heterocycles. The molecule has 0 radical (unpaired) electrons.